The number of anilines is 1. The van der Waals surface area contributed by atoms with Gasteiger partial charge < -0.3 is 10.4 Å². The zero-order valence-electron chi connectivity index (χ0n) is 12.3. The van der Waals surface area contributed by atoms with Crippen molar-refractivity contribution >= 4 is 5.69 Å². The highest BCUT2D eigenvalue weighted by Crippen LogP contribution is 2.33. The van der Waals surface area contributed by atoms with Crippen molar-refractivity contribution < 1.29 is 5.11 Å². The van der Waals surface area contributed by atoms with Crippen molar-refractivity contribution in [2.75, 3.05) is 5.32 Å². The average Bonchev–Trinajstić information content (AvgIpc) is 2.86. The molecule has 1 aliphatic rings. The van der Waals surface area contributed by atoms with Crippen molar-refractivity contribution in [3.63, 3.8) is 0 Å². The summed E-state index contributed by atoms with van der Waals surface area (Å²) >= 11 is 0. The highest BCUT2D eigenvalue weighted by molar-refractivity contribution is 5.57. The van der Waals surface area contributed by atoms with E-state index in [2.05, 4.69) is 56.4 Å². The molecule has 1 heterocycles. The molecule has 0 fully saturated rings. The summed E-state index contributed by atoms with van der Waals surface area (Å²) in [6.45, 7) is 6.29. The molecule has 0 aliphatic carbocycles. The van der Waals surface area contributed by atoms with Crippen LogP contribution in [0.25, 0.3) is 0 Å². The number of rotatable bonds is 2. The molecule has 3 rings (SSSR count). The molecule has 0 saturated heterocycles. The van der Waals surface area contributed by atoms with Crippen LogP contribution in [0.15, 0.2) is 36.4 Å². The van der Waals surface area contributed by atoms with Crippen molar-refractivity contribution in [1.29, 1.82) is 0 Å². The van der Waals surface area contributed by atoms with E-state index in [1.165, 1.54) is 22.3 Å². The lowest BCUT2D eigenvalue weighted by molar-refractivity contribution is 0.156. The molecule has 2 aromatic rings. The first-order valence-corrected chi connectivity index (χ1v) is 7.16. The third-order valence-corrected chi connectivity index (χ3v) is 4.38. The van der Waals surface area contributed by atoms with Crippen molar-refractivity contribution in [2.24, 2.45) is 0 Å². The maximum Gasteiger partial charge on any atom is 0.0996 e. The maximum atomic E-state index is 10.7. The fraction of sp³-hybridized carbons (Fsp3) is 0.333. The minimum Gasteiger partial charge on any atom is -0.386 e. The zero-order valence-corrected chi connectivity index (χ0v) is 12.3. The van der Waals surface area contributed by atoms with Crippen LogP contribution in [0.4, 0.5) is 5.69 Å². The van der Waals surface area contributed by atoms with Gasteiger partial charge in [0.1, 0.15) is 0 Å². The van der Waals surface area contributed by atoms with Crippen LogP contribution in [-0.2, 0) is 6.42 Å². The van der Waals surface area contributed by atoms with Gasteiger partial charge in [-0.1, -0.05) is 30.3 Å². The van der Waals surface area contributed by atoms with Crippen LogP contribution < -0.4 is 5.32 Å². The predicted molar refractivity (Wildman–Crippen MR) is 83.2 cm³/mol. The Hall–Kier alpha value is -1.80. The van der Waals surface area contributed by atoms with Crippen LogP contribution in [-0.4, -0.2) is 11.1 Å². The summed E-state index contributed by atoms with van der Waals surface area (Å²) < 4.78 is 0. The molecule has 1 aliphatic heterocycles. The highest BCUT2D eigenvalue weighted by Gasteiger charge is 2.28. The fourth-order valence-corrected chi connectivity index (χ4v) is 3.04. The summed E-state index contributed by atoms with van der Waals surface area (Å²) in [5, 5.41) is 14.2. The first kappa shape index (κ1) is 13.2. The predicted octanol–water partition coefficient (Wildman–Crippen LogP) is 3.68. The van der Waals surface area contributed by atoms with E-state index in [1.807, 2.05) is 6.07 Å². The number of para-hydroxylation sites is 1. The smallest absolute Gasteiger partial charge is 0.0996 e. The number of nitrogens with one attached hydrogen (secondary N) is 1. The standard InChI is InChI=1S/C18H21NO/c1-11-8-13(3)15(9-12(11)2)18(20)17-10-14-6-4-5-7-16(14)19-17/h4-9,17-20H,10H2,1-3H3. The van der Waals surface area contributed by atoms with Crippen molar-refractivity contribution in [1.82, 2.24) is 0 Å². The van der Waals surface area contributed by atoms with Gasteiger partial charge in [-0.05, 0) is 61.1 Å². The first-order chi connectivity index (χ1) is 9.56. The second kappa shape index (κ2) is 4.95. The lowest BCUT2D eigenvalue weighted by atomic mass is 9.92. The Labute approximate surface area is 120 Å². The number of aryl methyl sites for hydroxylation is 3. The molecule has 0 radical (unpaired) electrons. The highest BCUT2D eigenvalue weighted by atomic mass is 16.3. The van der Waals surface area contributed by atoms with Crippen LogP contribution in [0.5, 0.6) is 0 Å². The largest absolute Gasteiger partial charge is 0.386 e. The molecule has 0 bridgehead atoms. The second-order valence-corrected chi connectivity index (χ2v) is 5.85. The molecule has 0 aromatic heterocycles. The third kappa shape index (κ3) is 2.20. The lowest BCUT2D eigenvalue weighted by Gasteiger charge is -2.22. The van der Waals surface area contributed by atoms with E-state index in [1.54, 1.807) is 0 Å². The minimum atomic E-state index is -0.471. The summed E-state index contributed by atoms with van der Waals surface area (Å²) in [5.74, 6) is 0. The van der Waals surface area contributed by atoms with Crippen molar-refractivity contribution in [3.05, 3.63) is 64.2 Å². The molecule has 2 nitrogen and oxygen atoms in total. The van der Waals surface area contributed by atoms with Gasteiger partial charge >= 0.3 is 0 Å². The summed E-state index contributed by atoms with van der Waals surface area (Å²) in [6, 6.07) is 12.6. The molecular formula is C18H21NO. The van der Waals surface area contributed by atoms with Crippen LogP contribution in [0.2, 0.25) is 0 Å². The maximum absolute atomic E-state index is 10.7. The van der Waals surface area contributed by atoms with Crippen molar-refractivity contribution in [2.45, 2.75) is 39.3 Å². The molecule has 0 spiro atoms. The molecule has 2 heteroatoms. The fourth-order valence-electron chi connectivity index (χ4n) is 3.04. The molecular weight excluding hydrogens is 246 g/mol. The second-order valence-electron chi connectivity index (χ2n) is 5.85. The minimum absolute atomic E-state index is 0.0632. The van der Waals surface area contributed by atoms with E-state index in [9.17, 15) is 5.11 Å². The van der Waals surface area contributed by atoms with E-state index >= 15 is 0 Å². The molecule has 0 amide bonds. The van der Waals surface area contributed by atoms with Crippen LogP contribution in [0.1, 0.15) is 33.9 Å². The Balaban J connectivity index is 1.88. The molecule has 2 aromatic carbocycles. The Morgan fingerprint density at radius 2 is 1.75 bits per heavy atom. The topological polar surface area (TPSA) is 32.3 Å². The van der Waals surface area contributed by atoms with Gasteiger partial charge in [-0.3, -0.25) is 0 Å². The number of benzene rings is 2. The summed E-state index contributed by atoms with van der Waals surface area (Å²) in [6.07, 6.45) is 0.408. The summed E-state index contributed by atoms with van der Waals surface area (Å²) in [4.78, 5) is 0. The zero-order chi connectivity index (χ0) is 14.3. The molecule has 2 N–H and O–H groups in total. The van der Waals surface area contributed by atoms with Crippen LogP contribution in [0.3, 0.4) is 0 Å². The Morgan fingerprint density at radius 1 is 1.05 bits per heavy atom. The lowest BCUT2D eigenvalue weighted by Crippen LogP contribution is -2.25. The Morgan fingerprint density at radius 3 is 2.50 bits per heavy atom. The normalized spacial score (nSPS) is 18.5. The van der Waals surface area contributed by atoms with E-state index < -0.39 is 6.10 Å². The number of hydrogen-bond acceptors (Lipinski definition) is 2. The molecule has 20 heavy (non-hydrogen) atoms. The van der Waals surface area contributed by atoms with Gasteiger partial charge in [0.25, 0.3) is 0 Å². The van der Waals surface area contributed by atoms with Crippen molar-refractivity contribution in [3.8, 4) is 0 Å². The summed E-state index contributed by atoms with van der Waals surface area (Å²) in [5.41, 5.74) is 7.16. The Bertz CT molecular complexity index is 623. The van der Waals surface area contributed by atoms with Gasteiger partial charge in [-0.2, -0.15) is 0 Å². The van der Waals surface area contributed by atoms with Gasteiger partial charge in [0.2, 0.25) is 0 Å². The van der Waals surface area contributed by atoms with Crippen LogP contribution >= 0.6 is 0 Å². The van der Waals surface area contributed by atoms with Gasteiger partial charge in [-0.25, -0.2) is 0 Å². The number of aliphatic hydroxyl groups is 1. The number of hydrogen-bond donors (Lipinski definition) is 2. The molecule has 2 unspecified atom stereocenters. The van der Waals surface area contributed by atoms with Gasteiger partial charge in [0.15, 0.2) is 0 Å². The number of fused-ring (bicyclic) bond motifs is 1. The molecule has 104 valence electrons. The molecule has 0 saturated carbocycles. The van der Waals surface area contributed by atoms with E-state index in [4.69, 9.17) is 0 Å². The number of aliphatic hydroxyl groups excluding tert-OH is 1. The Kier molecular flexibility index (Phi) is 3.27. The summed E-state index contributed by atoms with van der Waals surface area (Å²) in [7, 11) is 0. The van der Waals surface area contributed by atoms with E-state index in [-0.39, 0.29) is 6.04 Å². The molecule has 2 atom stereocenters. The quantitative estimate of drug-likeness (QED) is 0.870. The SMILES string of the molecule is Cc1cc(C)c(C(O)C2Cc3ccccc3N2)cc1C. The first-order valence-electron chi connectivity index (χ1n) is 7.16. The van der Waals surface area contributed by atoms with Gasteiger partial charge in [0, 0.05) is 5.69 Å². The van der Waals surface area contributed by atoms with E-state index in [0.717, 1.165) is 17.7 Å². The van der Waals surface area contributed by atoms with E-state index in [0.29, 0.717) is 0 Å². The average molecular weight is 267 g/mol. The van der Waals surface area contributed by atoms with Gasteiger partial charge in [0.05, 0.1) is 12.1 Å². The monoisotopic (exact) mass is 267 g/mol. The van der Waals surface area contributed by atoms with Gasteiger partial charge in [-0.15, -0.1) is 0 Å². The third-order valence-electron chi connectivity index (χ3n) is 4.38. The van der Waals surface area contributed by atoms with Crippen LogP contribution in [0, 0.1) is 20.8 Å².